The van der Waals surface area contributed by atoms with Gasteiger partial charge >= 0.3 is 0 Å². The third kappa shape index (κ3) is 4.69. The van der Waals surface area contributed by atoms with E-state index in [1.807, 2.05) is 34.6 Å². The number of hydrogen-bond acceptors (Lipinski definition) is 9. The maximum Gasteiger partial charge on any atom is 0.230 e. The number of hydrogen-bond donors (Lipinski definition) is 2. The van der Waals surface area contributed by atoms with Gasteiger partial charge < -0.3 is 19.7 Å². The molecule has 1 aromatic rings. The van der Waals surface area contributed by atoms with Crippen molar-refractivity contribution in [2.24, 2.45) is 39.4 Å². The number of phenols is 1. The topological polar surface area (TPSA) is 144 Å². The van der Waals surface area contributed by atoms with Crippen molar-refractivity contribution in [2.75, 3.05) is 0 Å². The van der Waals surface area contributed by atoms with Crippen LogP contribution in [0.4, 0.5) is 0 Å². The van der Waals surface area contributed by atoms with Crippen LogP contribution in [0, 0.1) is 39.4 Å². The zero-order chi connectivity index (χ0) is 37.1. The molecule has 2 aliphatic carbocycles. The molecule has 49 heavy (non-hydrogen) atoms. The van der Waals surface area contributed by atoms with Gasteiger partial charge in [0.1, 0.15) is 28.6 Å². The summed E-state index contributed by atoms with van der Waals surface area (Å²) in [5.41, 5.74) is -4.97. The lowest BCUT2D eigenvalue weighted by Gasteiger charge is -2.58. The number of Topliss-reactive ketones (excluding diaryl/α,β-unsaturated/α-hetero) is 5. The highest BCUT2D eigenvalue weighted by atomic mass is 16.6. The second kappa shape index (κ2) is 11.3. The number of ketones is 5. The van der Waals surface area contributed by atoms with E-state index in [2.05, 4.69) is 0 Å². The summed E-state index contributed by atoms with van der Waals surface area (Å²) in [6.45, 7) is 22.5. The standard InChI is InChI=1S/C40H54O9/c1-14-15-16-17-20(41)23-28(42)24-21(18(2)3)26-31(43)36(6,7)34(45)38(10,11)33(26)48-29(24)25-22(19(4)5)27-32(44)37(8,9)35(46)39(12,13)40(27,47)49-30(23)25/h18-19,21-22,27,42,47H,14-17H2,1-13H3. The molecule has 4 aliphatic rings. The van der Waals surface area contributed by atoms with Crippen LogP contribution in [0.1, 0.15) is 149 Å². The Kier molecular flexibility index (Phi) is 8.55. The number of unbranched alkanes of at least 4 members (excludes halogenated alkanes) is 2. The van der Waals surface area contributed by atoms with Gasteiger partial charge in [0.25, 0.3) is 0 Å². The molecule has 9 heteroatoms. The molecule has 1 fully saturated rings. The van der Waals surface area contributed by atoms with Gasteiger partial charge in [-0.1, -0.05) is 47.5 Å². The van der Waals surface area contributed by atoms with Gasteiger partial charge in [-0.2, -0.15) is 0 Å². The molecular weight excluding hydrogens is 624 g/mol. The number of carbonyl (C=O) groups is 5. The minimum Gasteiger partial charge on any atom is -0.507 e. The van der Waals surface area contributed by atoms with E-state index in [-0.39, 0.29) is 58.0 Å². The fraction of sp³-hybridized carbons (Fsp3) is 0.675. The smallest absolute Gasteiger partial charge is 0.230 e. The highest BCUT2D eigenvalue weighted by Gasteiger charge is 2.72. The molecule has 2 heterocycles. The van der Waals surface area contributed by atoms with Gasteiger partial charge in [0.15, 0.2) is 28.9 Å². The first-order valence-electron chi connectivity index (χ1n) is 17.8. The average Bonchev–Trinajstić information content (AvgIpc) is 3.00. The van der Waals surface area contributed by atoms with Crippen molar-refractivity contribution in [2.45, 2.75) is 133 Å². The zero-order valence-corrected chi connectivity index (χ0v) is 31.5. The van der Waals surface area contributed by atoms with E-state index < -0.39 is 74.1 Å². The minimum atomic E-state index is -2.37. The van der Waals surface area contributed by atoms with Crippen molar-refractivity contribution in [3.63, 3.8) is 0 Å². The van der Waals surface area contributed by atoms with Crippen LogP contribution in [0.15, 0.2) is 11.3 Å². The third-order valence-electron chi connectivity index (χ3n) is 12.0. The Balaban J connectivity index is 1.96. The fourth-order valence-corrected chi connectivity index (χ4v) is 9.25. The van der Waals surface area contributed by atoms with Crippen LogP contribution in [0.2, 0.25) is 0 Å². The van der Waals surface area contributed by atoms with E-state index in [0.717, 1.165) is 12.8 Å². The number of benzene rings is 1. The van der Waals surface area contributed by atoms with Crippen molar-refractivity contribution in [1.29, 1.82) is 0 Å². The Hall–Kier alpha value is -3.33. The second-order valence-electron chi connectivity index (χ2n) is 17.6. The summed E-state index contributed by atoms with van der Waals surface area (Å²) in [6.07, 6.45) is 2.25. The van der Waals surface area contributed by atoms with Gasteiger partial charge in [-0.05, 0) is 73.6 Å². The van der Waals surface area contributed by atoms with Crippen LogP contribution >= 0.6 is 0 Å². The third-order valence-corrected chi connectivity index (χ3v) is 12.0. The number of aliphatic hydroxyl groups is 1. The zero-order valence-electron chi connectivity index (χ0n) is 31.5. The van der Waals surface area contributed by atoms with Gasteiger partial charge in [-0.25, -0.2) is 0 Å². The lowest BCUT2D eigenvalue weighted by Crippen LogP contribution is -2.72. The maximum absolute atomic E-state index is 14.5. The maximum atomic E-state index is 14.5. The summed E-state index contributed by atoms with van der Waals surface area (Å²) in [4.78, 5) is 70.9. The molecule has 0 spiro atoms. The first-order valence-corrected chi connectivity index (χ1v) is 17.8. The van der Waals surface area contributed by atoms with E-state index in [1.165, 1.54) is 0 Å². The molecule has 9 nitrogen and oxygen atoms in total. The van der Waals surface area contributed by atoms with Crippen LogP contribution in [0.3, 0.4) is 0 Å². The van der Waals surface area contributed by atoms with Gasteiger partial charge in [0.2, 0.25) is 5.79 Å². The van der Waals surface area contributed by atoms with Crippen LogP contribution in [-0.2, 0) is 19.2 Å². The quantitative estimate of drug-likeness (QED) is 0.171. The van der Waals surface area contributed by atoms with Crippen LogP contribution in [-0.4, -0.2) is 44.9 Å². The van der Waals surface area contributed by atoms with Gasteiger partial charge in [0.05, 0.1) is 27.6 Å². The first-order chi connectivity index (χ1) is 22.4. The lowest BCUT2D eigenvalue weighted by atomic mass is 9.51. The SMILES string of the molecule is CCCCCC(=O)c1c(O)c2c(c3c1OC1(O)C(C(=O)C(C)(C)C(=O)C1(C)C)C3C(C)C)OC1=C(C(=O)C(C)(C)C(=O)C1(C)C)C2C(C)C. The lowest BCUT2D eigenvalue weighted by molar-refractivity contribution is -0.264. The molecule has 2 N–H and O–H groups in total. The van der Waals surface area contributed by atoms with Gasteiger partial charge in [-0.3, -0.25) is 24.0 Å². The largest absolute Gasteiger partial charge is 0.507 e. The normalized spacial score (nSPS) is 29.2. The summed E-state index contributed by atoms with van der Waals surface area (Å²) in [5.74, 6) is -8.26. The van der Waals surface area contributed by atoms with Crippen LogP contribution in [0.5, 0.6) is 17.2 Å². The molecule has 1 saturated carbocycles. The molecular formula is C40H54O9. The number of rotatable bonds is 7. The predicted molar refractivity (Wildman–Crippen MR) is 184 cm³/mol. The molecule has 0 bridgehead atoms. The molecule has 0 radical (unpaired) electrons. The fourth-order valence-electron chi connectivity index (χ4n) is 9.25. The van der Waals surface area contributed by atoms with E-state index in [0.29, 0.717) is 12.0 Å². The molecule has 1 aromatic carbocycles. The second-order valence-corrected chi connectivity index (χ2v) is 17.6. The summed E-state index contributed by atoms with van der Waals surface area (Å²) in [6, 6.07) is 0. The first kappa shape index (κ1) is 36.9. The number of aromatic hydroxyl groups is 1. The number of phenolic OH excluding ortho intramolecular Hbond substituents is 1. The summed E-state index contributed by atoms with van der Waals surface area (Å²) in [5, 5.41) is 25.0. The summed E-state index contributed by atoms with van der Waals surface area (Å²) >= 11 is 0. The Labute approximate surface area is 290 Å². The number of fused-ring (bicyclic) bond motifs is 4. The van der Waals surface area contributed by atoms with Crippen molar-refractivity contribution in [3.8, 4) is 17.2 Å². The van der Waals surface area contributed by atoms with Crippen LogP contribution < -0.4 is 9.47 Å². The Morgan fingerprint density at radius 2 is 1.39 bits per heavy atom. The Morgan fingerprint density at radius 1 is 0.796 bits per heavy atom. The Bertz CT molecular complexity index is 1720. The molecule has 0 amide bonds. The van der Waals surface area contributed by atoms with Gasteiger partial charge in [-0.15, -0.1) is 0 Å². The highest BCUT2D eigenvalue weighted by molar-refractivity contribution is 6.20. The van der Waals surface area contributed by atoms with E-state index >= 15 is 0 Å². The predicted octanol–water partition coefficient (Wildman–Crippen LogP) is 7.39. The average molecular weight is 679 g/mol. The van der Waals surface area contributed by atoms with E-state index in [9.17, 15) is 34.2 Å². The monoisotopic (exact) mass is 678 g/mol. The molecule has 5 rings (SSSR count). The molecule has 0 aromatic heterocycles. The number of ether oxygens (including phenoxy) is 2. The highest BCUT2D eigenvalue weighted by Crippen LogP contribution is 2.66. The van der Waals surface area contributed by atoms with Crippen molar-refractivity contribution < 1.29 is 43.7 Å². The van der Waals surface area contributed by atoms with E-state index in [4.69, 9.17) is 9.47 Å². The molecule has 4 atom stereocenters. The van der Waals surface area contributed by atoms with Crippen LogP contribution in [0.25, 0.3) is 0 Å². The number of carbonyl (C=O) groups excluding carboxylic acids is 5. The van der Waals surface area contributed by atoms with Crippen molar-refractivity contribution in [3.05, 3.63) is 28.0 Å². The molecule has 2 aliphatic heterocycles. The molecule has 4 unspecified atom stereocenters. The van der Waals surface area contributed by atoms with Crippen molar-refractivity contribution >= 4 is 28.9 Å². The molecule has 0 saturated heterocycles. The van der Waals surface area contributed by atoms with Gasteiger partial charge in [0, 0.05) is 35.0 Å². The molecule has 268 valence electrons. The van der Waals surface area contributed by atoms with Crippen molar-refractivity contribution in [1.82, 2.24) is 0 Å². The number of allylic oxidation sites excluding steroid dienone is 2. The van der Waals surface area contributed by atoms with E-state index in [1.54, 1.807) is 55.4 Å². The minimum absolute atomic E-state index is 0.0765. The summed E-state index contributed by atoms with van der Waals surface area (Å²) in [7, 11) is 0. The summed E-state index contributed by atoms with van der Waals surface area (Å²) < 4.78 is 13.3. The Morgan fingerprint density at radius 3 is 1.92 bits per heavy atom.